The van der Waals surface area contributed by atoms with Crippen molar-refractivity contribution in [2.24, 2.45) is 10.9 Å². The maximum Gasteiger partial charge on any atom is 0.416 e. The summed E-state index contributed by atoms with van der Waals surface area (Å²) in [5, 5.41) is 11.4. The average molecular weight is 671 g/mol. The van der Waals surface area contributed by atoms with Crippen molar-refractivity contribution in [2.75, 3.05) is 39.6 Å². The fourth-order valence-corrected chi connectivity index (χ4v) is 7.75. The summed E-state index contributed by atoms with van der Waals surface area (Å²) in [6, 6.07) is 6.85. The van der Waals surface area contributed by atoms with Gasteiger partial charge in [-0.1, -0.05) is 25.7 Å². The van der Waals surface area contributed by atoms with Gasteiger partial charge in [0.1, 0.15) is 29.1 Å². The number of carbonyl (C=O) groups excluding carboxylic acids is 2. The number of hydrogen-bond donors (Lipinski definition) is 1. The van der Waals surface area contributed by atoms with Crippen LogP contribution >= 0.6 is 11.8 Å². The minimum absolute atomic E-state index is 0.0439. The third-order valence-corrected chi connectivity index (χ3v) is 11.2. The molecule has 0 spiro atoms. The van der Waals surface area contributed by atoms with Gasteiger partial charge in [-0.3, -0.25) is 10.1 Å². The molecule has 1 N–H and O–H groups in total. The van der Waals surface area contributed by atoms with Crippen molar-refractivity contribution in [2.45, 2.75) is 49.3 Å². The van der Waals surface area contributed by atoms with Crippen LogP contribution in [0.4, 0.5) is 13.6 Å². The van der Waals surface area contributed by atoms with Gasteiger partial charge in [-0.2, -0.15) is 5.26 Å². The van der Waals surface area contributed by atoms with Crippen LogP contribution in [0.15, 0.2) is 35.6 Å². The van der Waals surface area contributed by atoms with E-state index in [1.54, 1.807) is 11.8 Å². The molecule has 2 aliphatic heterocycles. The Hall–Kier alpha value is -3.71. The zero-order valence-electron chi connectivity index (χ0n) is 26.1. The number of halogens is 2. The van der Waals surface area contributed by atoms with Crippen LogP contribution < -0.4 is 5.32 Å². The van der Waals surface area contributed by atoms with E-state index in [4.69, 9.17) is 24.5 Å². The maximum absolute atomic E-state index is 15.6. The molecule has 1 aliphatic carbocycles. The Morgan fingerprint density at radius 3 is 2.70 bits per heavy atom. The Morgan fingerprint density at radius 2 is 2.02 bits per heavy atom. The van der Waals surface area contributed by atoms with Crippen molar-refractivity contribution in [3.63, 3.8) is 0 Å². The van der Waals surface area contributed by atoms with E-state index in [0.717, 1.165) is 30.2 Å². The van der Waals surface area contributed by atoms with Crippen molar-refractivity contribution in [3.8, 4) is 6.07 Å². The Balaban J connectivity index is 1.42. The van der Waals surface area contributed by atoms with E-state index in [1.807, 2.05) is 6.07 Å². The van der Waals surface area contributed by atoms with E-state index in [-0.39, 0.29) is 34.8 Å². The van der Waals surface area contributed by atoms with Crippen molar-refractivity contribution < 1.29 is 32.6 Å². The van der Waals surface area contributed by atoms with E-state index in [2.05, 4.69) is 34.9 Å². The van der Waals surface area contributed by atoms with Gasteiger partial charge in [0.05, 0.1) is 31.1 Å². The Kier molecular flexibility index (Phi) is 9.92. The predicted octanol–water partition coefficient (Wildman–Crippen LogP) is 4.93. The molecule has 3 aliphatic rings. The summed E-state index contributed by atoms with van der Waals surface area (Å²) in [5.74, 6) is -1.92. The predicted molar refractivity (Wildman–Crippen MR) is 171 cm³/mol. The van der Waals surface area contributed by atoms with Gasteiger partial charge in [0, 0.05) is 39.3 Å². The van der Waals surface area contributed by atoms with Crippen molar-refractivity contribution >= 4 is 49.0 Å². The number of nitrogens with zero attached hydrogens (tertiary/aromatic N) is 5. The topological polar surface area (TPSA) is 139 Å². The fourth-order valence-electron chi connectivity index (χ4n) is 5.49. The molecule has 46 heavy (non-hydrogen) atoms. The third kappa shape index (κ3) is 7.46. The molecule has 2 fully saturated rings. The molecule has 5 rings (SSSR count). The molecule has 2 aromatic rings. The van der Waals surface area contributed by atoms with Gasteiger partial charge in [0.25, 0.3) is 5.23 Å². The molecule has 0 radical (unpaired) electrons. The lowest BCUT2D eigenvalue weighted by Gasteiger charge is -2.37. The van der Waals surface area contributed by atoms with Gasteiger partial charge in [0.2, 0.25) is 5.91 Å². The summed E-state index contributed by atoms with van der Waals surface area (Å²) in [6.45, 7) is 10.5. The molecule has 1 saturated carbocycles. The van der Waals surface area contributed by atoms with Crippen LogP contribution in [0.5, 0.6) is 0 Å². The molecule has 15 heteroatoms. The van der Waals surface area contributed by atoms with Crippen LogP contribution in [-0.4, -0.2) is 84.6 Å². The number of carbonyl (C=O) groups is 2. The number of benzene rings is 1. The number of aromatic nitrogens is 2. The van der Waals surface area contributed by atoms with Gasteiger partial charge in [-0.15, -0.1) is 0 Å². The molecule has 244 valence electrons. The monoisotopic (exact) mass is 670 g/mol. The van der Waals surface area contributed by atoms with E-state index in [1.165, 1.54) is 24.3 Å². The zero-order chi connectivity index (χ0) is 33.1. The molecule has 1 aromatic carbocycles. The van der Waals surface area contributed by atoms with Gasteiger partial charge >= 0.3 is 6.09 Å². The number of hydrogen-bond acceptors (Lipinski definition) is 10. The molecular formula is C31H36F2N6O5SSi. The van der Waals surface area contributed by atoms with Crippen LogP contribution in [0.1, 0.15) is 35.9 Å². The van der Waals surface area contributed by atoms with Crippen molar-refractivity contribution in [1.29, 1.82) is 5.26 Å². The van der Waals surface area contributed by atoms with Gasteiger partial charge < -0.3 is 19.1 Å². The highest BCUT2D eigenvalue weighted by Crippen LogP contribution is 2.67. The summed E-state index contributed by atoms with van der Waals surface area (Å²) < 4.78 is 46.3. The molecule has 3 heterocycles. The molecule has 0 unspecified atom stereocenters. The quantitative estimate of drug-likeness (QED) is 0.224. The standard InChI is InChI=1S/C31H36F2N6O5SSi/c1-30(22-13-20(5-6-23(22)32)14-24(33)25-18-35-21(16-34)17-36-25)26-15-31(26,27(40)39-7-9-42-10-8-39)45-29(38-30)44-28(41)37-19-43-11-12-46(2,3)4/h5-6,13-14,17-18,26H,7-12,15,19H2,1-4H3,(H,37,41)/b24-14-/t26-,30+,31-/m0/s1. The second kappa shape index (κ2) is 13.6. The molecule has 1 aromatic heterocycles. The second-order valence-electron chi connectivity index (χ2n) is 12.7. The van der Waals surface area contributed by atoms with Gasteiger partial charge in [-0.05, 0) is 54.9 Å². The normalized spacial score (nSPS) is 24.4. The number of aliphatic imine (C=N–C) groups is 1. The fraction of sp³-hybridized carbons (Fsp3) is 0.484. The maximum atomic E-state index is 15.6. The number of rotatable bonds is 9. The van der Waals surface area contributed by atoms with Crippen molar-refractivity contribution in [3.05, 3.63) is 58.9 Å². The number of nitriles is 1. The highest BCUT2D eigenvalue weighted by atomic mass is 32.2. The summed E-state index contributed by atoms with van der Waals surface area (Å²) in [5.41, 5.74) is -0.932. The Morgan fingerprint density at radius 1 is 1.26 bits per heavy atom. The first-order valence-electron chi connectivity index (χ1n) is 14.9. The van der Waals surface area contributed by atoms with Crippen LogP contribution in [0.3, 0.4) is 0 Å². The third-order valence-electron chi connectivity index (χ3n) is 8.18. The molecule has 0 bridgehead atoms. The summed E-state index contributed by atoms with van der Waals surface area (Å²) in [6.07, 6.45) is 3.04. The van der Waals surface area contributed by atoms with Gasteiger partial charge in [-0.25, -0.2) is 28.5 Å². The zero-order valence-corrected chi connectivity index (χ0v) is 28.0. The Labute approximate surface area is 271 Å². The molecular weight excluding hydrogens is 635 g/mol. The number of alkyl carbamates (subject to hydrolysis) is 1. The number of nitrogens with one attached hydrogen (secondary N) is 1. The molecule has 1 saturated heterocycles. The van der Waals surface area contributed by atoms with E-state index < -0.39 is 42.0 Å². The van der Waals surface area contributed by atoms with Crippen LogP contribution in [-0.2, 0) is 24.5 Å². The number of thioether (sulfide) groups is 1. The van der Waals surface area contributed by atoms with Crippen molar-refractivity contribution in [1.82, 2.24) is 20.2 Å². The second-order valence-corrected chi connectivity index (χ2v) is 19.6. The van der Waals surface area contributed by atoms with E-state index in [9.17, 15) is 9.59 Å². The Bertz CT molecular complexity index is 1590. The summed E-state index contributed by atoms with van der Waals surface area (Å²) >= 11 is 1.07. The summed E-state index contributed by atoms with van der Waals surface area (Å²) in [4.78, 5) is 40.9. The number of morpholine rings is 1. The lowest BCUT2D eigenvalue weighted by Crippen LogP contribution is -2.49. The number of fused-ring (bicyclic) bond motifs is 1. The lowest BCUT2D eigenvalue weighted by molar-refractivity contribution is -0.136. The number of ether oxygens (including phenoxy) is 3. The minimum atomic E-state index is -1.32. The van der Waals surface area contributed by atoms with Gasteiger partial charge in [0.15, 0.2) is 11.5 Å². The first-order chi connectivity index (χ1) is 21.8. The van der Waals surface area contributed by atoms with Crippen LogP contribution in [0.25, 0.3) is 11.9 Å². The first kappa shape index (κ1) is 33.6. The average Bonchev–Trinajstić information content (AvgIpc) is 3.78. The number of amides is 2. The molecule has 3 atom stereocenters. The highest BCUT2D eigenvalue weighted by Gasteiger charge is 2.72. The van der Waals surface area contributed by atoms with Crippen LogP contribution in [0.2, 0.25) is 25.7 Å². The largest absolute Gasteiger partial charge is 0.416 e. The van der Waals surface area contributed by atoms with Crippen LogP contribution in [0, 0.1) is 23.1 Å². The van der Waals surface area contributed by atoms with E-state index >= 15 is 8.78 Å². The van der Waals surface area contributed by atoms with E-state index in [0.29, 0.717) is 44.9 Å². The summed E-state index contributed by atoms with van der Waals surface area (Å²) in [7, 11) is -1.30. The highest BCUT2D eigenvalue weighted by molar-refractivity contribution is 8.15. The SMILES string of the molecule is C[C@]1(c2cc(/C=C(\F)c3cnc(C#N)cn3)ccc2F)N=C(OC(=O)NCOCC[Si](C)(C)C)S[C@@]2(C(=O)N3CCOCC3)C[C@H]21. The molecule has 11 nitrogen and oxygen atoms in total. The molecule has 2 amide bonds. The minimum Gasteiger partial charge on any atom is -0.385 e. The first-order valence-corrected chi connectivity index (χ1v) is 19.5. The lowest BCUT2D eigenvalue weighted by atomic mass is 9.84. The smallest absolute Gasteiger partial charge is 0.385 e.